The minimum Gasteiger partial charge on any atom is -0.496 e. The topological polar surface area (TPSA) is 49.8 Å². The van der Waals surface area contributed by atoms with Gasteiger partial charge < -0.3 is 14.7 Å². The van der Waals surface area contributed by atoms with E-state index >= 15 is 0 Å². The lowest BCUT2D eigenvalue weighted by molar-refractivity contribution is -0.132. The summed E-state index contributed by atoms with van der Waals surface area (Å²) in [5.74, 6) is 0.956. The van der Waals surface area contributed by atoms with Crippen molar-refractivity contribution in [3.63, 3.8) is 0 Å². The van der Waals surface area contributed by atoms with Crippen LogP contribution in [0.15, 0.2) is 24.3 Å². The molecule has 1 heterocycles. The van der Waals surface area contributed by atoms with Gasteiger partial charge in [0, 0.05) is 13.0 Å². The molecule has 0 spiro atoms. The number of benzene rings is 1. The van der Waals surface area contributed by atoms with Gasteiger partial charge in [-0.2, -0.15) is 0 Å². The van der Waals surface area contributed by atoms with E-state index in [0.717, 1.165) is 30.7 Å². The molecule has 1 aliphatic rings. The number of ether oxygens (including phenoxy) is 1. The van der Waals surface area contributed by atoms with Crippen molar-refractivity contribution in [2.45, 2.75) is 31.7 Å². The number of carbonyl (C=O) groups is 1. The SMILES string of the molecule is COc1ccccc1CCC(=O)N1CCCC1CO. The van der Waals surface area contributed by atoms with E-state index in [0.29, 0.717) is 12.8 Å². The summed E-state index contributed by atoms with van der Waals surface area (Å²) < 4.78 is 5.28. The van der Waals surface area contributed by atoms with E-state index in [1.807, 2.05) is 29.2 Å². The quantitative estimate of drug-likeness (QED) is 0.878. The Labute approximate surface area is 114 Å². The molecule has 1 amide bonds. The fourth-order valence-corrected chi connectivity index (χ4v) is 2.65. The molecule has 0 radical (unpaired) electrons. The monoisotopic (exact) mass is 263 g/mol. The highest BCUT2D eigenvalue weighted by Gasteiger charge is 2.27. The van der Waals surface area contributed by atoms with E-state index in [9.17, 15) is 9.90 Å². The van der Waals surface area contributed by atoms with Crippen molar-refractivity contribution in [3.8, 4) is 5.75 Å². The number of methoxy groups -OCH3 is 1. The summed E-state index contributed by atoms with van der Waals surface area (Å²) in [6.45, 7) is 0.844. The standard InChI is InChI=1S/C15H21NO3/c1-19-14-7-3-2-5-12(14)8-9-15(18)16-10-4-6-13(16)11-17/h2-3,5,7,13,17H,4,6,8-11H2,1H3. The highest BCUT2D eigenvalue weighted by molar-refractivity contribution is 5.77. The maximum absolute atomic E-state index is 12.2. The molecule has 104 valence electrons. The first-order valence-electron chi connectivity index (χ1n) is 6.78. The predicted octanol–water partition coefficient (Wildman–Crippen LogP) is 1.61. The van der Waals surface area contributed by atoms with Crippen molar-refractivity contribution < 1.29 is 14.6 Å². The third-order valence-corrected chi connectivity index (χ3v) is 3.71. The maximum Gasteiger partial charge on any atom is 0.223 e. The Morgan fingerprint density at radius 3 is 3.00 bits per heavy atom. The number of nitrogens with zero attached hydrogens (tertiary/aromatic N) is 1. The van der Waals surface area contributed by atoms with Crippen molar-refractivity contribution in [2.75, 3.05) is 20.3 Å². The van der Waals surface area contributed by atoms with Crippen LogP contribution in [0, 0.1) is 0 Å². The van der Waals surface area contributed by atoms with Gasteiger partial charge in [-0.3, -0.25) is 4.79 Å². The van der Waals surface area contributed by atoms with E-state index in [2.05, 4.69) is 0 Å². The molecule has 19 heavy (non-hydrogen) atoms. The molecule has 0 saturated carbocycles. The Kier molecular flexibility index (Phi) is 4.80. The number of carbonyl (C=O) groups excluding carboxylic acids is 1. The van der Waals surface area contributed by atoms with E-state index in [1.165, 1.54) is 0 Å². The van der Waals surface area contributed by atoms with Gasteiger partial charge in [0.2, 0.25) is 5.91 Å². The van der Waals surface area contributed by atoms with Gasteiger partial charge >= 0.3 is 0 Å². The average molecular weight is 263 g/mol. The van der Waals surface area contributed by atoms with Crippen LogP contribution in [-0.2, 0) is 11.2 Å². The zero-order chi connectivity index (χ0) is 13.7. The van der Waals surface area contributed by atoms with Crippen LogP contribution in [0.5, 0.6) is 5.75 Å². The summed E-state index contributed by atoms with van der Waals surface area (Å²) in [6, 6.07) is 7.79. The number of hydrogen-bond donors (Lipinski definition) is 1. The van der Waals surface area contributed by atoms with Crippen molar-refractivity contribution in [1.29, 1.82) is 0 Å². The van der Waals surface area contributed by atoms with Crippen LogP contribution in [0.3, 0.4) is 0 Å². The number of aryl methyl sites for hydroxylation is 1. The molecule has 2 rings (SSSR count). The number of likely N-dealkylation sites (tertiary alicyclic amines) is 1. The molecule has 0 aromatic heterocycles. The molecule has 1 saturated heterocycles. The minimum absolute atomic E-state index is 0.0187. The normalized spacial score (nSPS) is 18.6. The van der Waals surface area contributed by atoms with Crippen LogP contribution in [0.1, 0.15) is 24.8 Å². The van der Waals surface area contributed by atoms with E-state index in [4.69, 9.17) is 4.74 Å². The van der Waals surface area contributed by atoms with E-state index < -0.39 is 0 Å². The van der Waals surface area contributed by atoms with Gasteiger partial charge in [-0.05, 0) is 30.9 Å². The zero-order valence-corrected chi connectivity index (χ0v) is 11.3. The van der Waals surface area contributed by atoms with Gasteiger partial charge in [0.1, 0.15) is 5.75 Å². The Morgan fingerprint density at radius 1 is 1.47 bits per heavy atom. The Hall–Kier alpha value is -1.55. The third kappa shape index (κ3) is 3.26. The molecule has 1 aliphatic heterocycles. The molecular formula is C15H21NO3. The Balaban J connectivity index is 1.93. The van der Waals surface area contributed by atoms with Gasteiger partial charge in [-0.1, -0.05) is 18.2 Å². The fourth-order valence-electron chi connectivity index (χ4n) is 2.65. The largest absolute Gasteiger partial charge is 0.496 e. The fraction of sp³-hybridized carbons (Fsp3) is 0.533. The van der Waals surface area contributed by atoms with Crippen LogP contribution in [-0.4, -0.2) is 42.2 Å². The van der Waals surface area contributed by atoms with Gasteiger partial charge in [-0.25, -0.2) is 0 Å². The van der Waals surface area contributed by atoms with Crippen molar-refractivity contribution in [1.82, 2.24) is 4.90 Å². The second-order valence-corrected chi connectivity index (χ2v) is 4.88. The first-order valence-corrected chi connectivity index (χ1v) is 6.78. The van der Waals surface area contributed by atoms with Crippen LogP contribution in [0.25, 0.3) is 0 Å². The number of para-hydroxylation sites is 1. The molecule has 1 atom stereocenters. The summed E-state index contributed by atoms with van der Waals surface area (Å²) in [6.07, 6.45) is 3.05. The molecule has 1 N–H and O–H groups in total. The number of amides is 1. The molecule has 4 heteroatoms. The minimum atomic E-state index is 0.0187. The van der Waals surface area contributed by atoms with Crippen molar-refractivity contribution in [3.05, 3.63) is 29.8 Å². The number of aliphatic hydroxyl groups excluding tert-OH is 1. The summed E-state index contributed by atoms with van der Waals surface area (Å²) in [5, 5.41) is 9.24. The lowest BCUT2D eigenvalue weighted by Gasteiger charge is -2.23. The van der Waals surface area contributed by atoms with Gasteiger partial charge in [-0.15, -0.1) is 0 Å². The van der Waals surface area contributed by atoms with Crippen LogP contribution in [0.4, 0.5) is 0 Å². The van der Waals surface area contributed by atoms with E-state index in [-0.39, 0.29) is 18.6 Å². The highest BCUT2D eigenvalue weighted by Crippen LogP contribution is 2.21. The van der Waals surface area contributed by atoms with Crippen molar-refractivity contribution in [2.24, 2.45) is 0 Å². The second-order valence-electron chi connectivity index (χ2n) is 4.88. The molecule has 1 aromatic carbocycles. The molecule has 0 bridgehead atoms. The summed E-state index contributed by atoms with van der Waals surface area (Å²) in [4.78, 5) is 14.0. The van der Waals surface area contributed by atoms with Gasteiger partial charge in [0.25, 0.3) is 0 Å². The first kappa shape index (κ1) is 13.9. The molecule has 1 fully saturated rings. The number of rotatable bonds is 5. The summed E-state index contributed by atoms with van der Waals surface area (Å²) in [5.41, 5.74) is 1.05. The molecule has 1 unspecified atom stereocenters. The Morgan fingerprint density at radius 2 is 2.26 bits per heavy atom. The summed E-state index contributed by atoms with van der Waals surface area (Å²) in [7, 11) is 1.64. The lowest BCUT2D eigenvalue weighted by Crippen LogP contribution is -2.37. The summed E-state index contributed by atoms with van der Waals surface area (Å²) >= 11 is 0. The molecular weight excluding hydrogens is 242 g/mol. The smallest absolute Gasteiger partial charge is 0.223 e. The zero-order valence-electron chi connectivity index (χ0n) is 11.3. The van der Waals surface area contributed by atoms with Crippen molar-refractivity contribution >= 4 is 5.91 Å². The maximum atomic E-state index is 12.2. The third-order valence-electron chi connectivity index (χ3n) is 3.71. The first-order chi connectivity index (χ1) is 9.26. The average Bonchev–Trinajstić information content (AvgIpc) is 2.93. The highest BCUT2D eigenvalue weighted by atomic mass is 16.5. The second kappa shape index (κ2) is 6.57. The van der Waals surface area contributed by atoms with Gasteiger partial charge in [0.05, 0.1) is 19.8 Å². The lowest BCUT2D eigenvalue weighted by atomic mass is 10.1. The number of aliphatic hydroxyl groups is 1. The van der Waals surface area contributed by atoms with Crippen LogP contribution >= 0.6 is 0 Å². The van der Waals surface area contributed by atoms with Gasteiger partial charge in [0.15, 0.2) is 0 Å². The molecule has 0 aliphatic carbocycles. The van der Waals surface area contributed by atoms with Crippen LogP contribution in [0.2, 0.25) is 0 Å². The Bertz CT molecular complexity index is 433. The number of hydrogen-bond acceptors (Lipinski definition) is 3. The molecule has 1 aromatic rings. The predicted molar refractivity (Wildman–Crippen MR) is 73.1 cm³/mol. The molecule has 4 nitrogen and oxygen atoms in total. The van der Waals surface area contributed by atoms with E-state index in [1.54, 1.807) is 7.11 Å². The van der Waals surface area contributed by atoms with Crippen LogP contribution < -0.4 is 4.74 Å².